The number of hydrogen-bond acceptors (Lipinski definition) is 3. The van der Waals surface area contributed by atoms with E-state index in [1.54, 1.807) is 6.07 Å². The summed E-state index contributed by atoms with van der Waals surface area (Å²) in [5.74, 6) is -2.77. The van der Waals surface area contributed by atoms with Crippen LogP contribution >= 0.6 is 11.6 Å². The van der Waals surface area contributed by atoms with Crippen molar-refractivity contribution in [2.75, 3.05) is 26.7 Å². The van der Waals surface area contributed by atoms with Crippen molar-refractivity contribution in [1.29, 1.82) is 0 Å². The van der Waals surface area contributed by atoms with Gasteiger partial charge in [-0.2, -0.15) is 0 Å². The van der Waals surface area contributed by atoms with Crippen molar-refractivity contribution >= 4 is 34.0 Å². The number of rotatable bonds is 4. The highest BCUT2D eigenvalue weighted by molar-refractivity contribution is 6.35. The van der Waals surface area contributed by atoms with E-state index in [1.807, 2.05) is 32.0 Å². The van der Waals surface area contributed by atoms with Crippen LogP contribution < -0.4 is 5.32 Å². The number of alkyl halides is 2. The zero-order valence-electron chi connectivity index (χ0n) is 19.1. The number of hydrogen-bond donors (Lipinski definition) is 1. The van der Waals surface area contributed by atoms with Gasteiger partial charge in [-0.05, 0) is 62.1 Å². The first-order chi connectivity index (χ1) is 15.3. The number of nitrogens with one attached hydrogen (secondary N) is 1. The summed E-state index contributed by atoms with van der Waals surface area (Å²) in [4.78, 5) is 19.9. The van der Waals surface area contributed by atoms with Crippen LogP contribution in [-0.4, -0.2) is 48.4 Å². The van der Waals surface area contributed by atoms with Crippen LogP contribution in [0.15, 0.2) is 30.3 Å². The first kappa shape index (κ1) is 24.6. The van der Waals surface area contributed by atoms with Crippen molar-refractivity contribution in [2.24, 2.45) is 5.92 Å². The van der Waals surface area contributed by atoms with Gasteiger partial charge in [0, 0.05) is 37.9 Å². The third-order valence-corrected chi connectivity index (χ3v) is 6.49. The molecule has 0 unspecified atom stereocenters. The lowest BCUT2D eigenvalue weighted by atomic mass is 9.87. The van der Waals surface area contributed by atoms with Crippen LogP contribution in [0.3, 0.4) is 0 Å². The normalized spacial score (nSPS) is 19.1. The molecule has 4 rings (SSSR count). The van der Waals surface area contributed by atoms with Crippen molar-refractivity contribution in [2.45, 2.75) is 51.9 Å². The zero-order chi connectivity index (χ0) is 23.3. The van der Waals surface area contributed by atoms with Gasteiger partial charge in [-0.25, -0.2) is 13.8 Å². The first-order valence-corrected chi connectivity index (χ1v) is 11.8. The second-order valence-corrected chi connectivity index (χ2v) is 8.84. The maximum Gasteiger partial charge on any atom is 0.253 e. The molecule has 0 saturated heterocycles. The minimum absolute atomic E-state index is 0.0726. The lowest BCUT2D eigenvalue weighted by Crippen LogP contribution is -2.34. The molecule has 1 N–H and O–H groups in total. The molecule has 2 aliphatic rings. The number of benzene rings is 1. The quantitative estimate of drug-likeness (QED) is 0.588. The van der Waals surface area contributed by atoms with E-state index in [9.17, 15) is 13.6 Å². The fourth-order valence-corrected chi connectivity index (χ4v) is 4.47. The molecule has 1 aliphatic carbocycles. The van der Waals surface area contributed by atoms with Crippen LogP contribution in [0.4, 0.5) is 8.78 Å². The Morgan fingerprint density at radius 3 is 2.59 bits per heavy atom. The summed E-state index contributed by atoms with van der Waals surface area (Å²) in [6.07, 6.45) is 3.75. The van der Waals surface area contributed by atoms with Gasteiger partial charge < -0.3 is 10.2 Å². The van der Waals surface area contributed by atoms with Gasteiger partial charge >= 0.3 is 0 Å². The summed E-state index contributed by atoms with van der Waals surface area (Å²) in [6, 6.07) is 7.37. The third kappa shape index (κ3) is 5.84. The lowest BCUT2D eigenvalue weighted by molar-refractivity contribution is -0.0452. The Morgan fingerprint density at radius 1 is 1.22 bits per heavy atom. The van der Waals surface area contributed by atoms with Gasteiger partial charge in [-0.1, -0.05) is 31.5 Å². The average Bonchev–Trinajstić information content (AvgIpc) is 2.79. The zero-order valence-corrected chi connectivity index (χ0v) is 19.8. The number of pyridine rings is 1. The largest absolute Gasteiger partial charge is 0.352 e. The summed E-state index contributed by atoms with van der Waals surface area (Å²) in [6.45, 7) is 6.27. The fraction of sp³-hybridized carbons (Fsp3) is 0.520. The lowest BCUT2D eigenvalue weighted by Gasteiger charge is -2.28. The Hall–Kier alpha value is -2.05. The number of amides is 1. The number of carbonyl (C=O) groups is 1. The number of fused-ring (bicyclic) bond motifs is 1. The molecule has 32 heavy (non-hydrogen) atoms. The van der Waals surface area contributed by atoms with Crippen molar-refractivity contribution in [3.8, 4) is 0 Å². The molecule has 174 valence electrons. The van der Waals surface area contributed by atoms with E-state index >= 15 is 0 Å². The molecule has 1 aliphatic heterocycles. The smallest absolute Gasteiger partial charge is 0.253 e. The molecule has 1 amide bonds. The second kappa shape index (κ2) is 10.7. The van der Waals surface area contributed by atoms with Gasteiger partial charge in [0.2, 0.25) is 5.92 Å². The predicted molar refractivity (Wildman–Crippen MR) is 127 cm³/mol. The molecule has 0 atom stereocenters. The maximum absolute atomic E-state index is 13.3. The Labute approximate surface area is 194 Å². The molecule has 1 saturated carbocycles. The molecular weight excluding hydrogens is 432 g/mol. The summed E-state index contributed by atoms with van der Waals surface area (Å²) >= 11 is 6.36. The monoisotopic (exact) mass is 463 g/mol. The van der Waals surface area contributed by atoms with Gasteiger partial charge in [0.25, 0.3) is 5.91 Å². The minimum atomic E-state index is -2.56. The van der Waals surface area contributed by atoms with E-state index < -0.39 is 5.92 Å². The highest BCUT2D eigenvalue weighted by Gasteiger charge is 2.35. The summed E-state index contributed by atoms with van der Waals surface area (Å²) in [5.41, 5.74) is 3.25. The Balaban J connectivity index is 0.00000141. The first-order valence-electron chi connectivity index (χ1n) is 11.5. The minimum Gasteiger partial charge on any atom is -0.352 e. The van der Waals surface area contributed by atoms with Crippen LogP contribution in [0.25, 0.3) is 16.5 Å². The van der Waals surface area contributed by atoms with Crippen LogP contribution in [0.1, 0.15) is 62.0 Å². The molecular formula is C25H32ClF2N3O. The van der Waals surface area contributed by atoms with E-state index in [0.717, 1.165) is 30.7 Å². The Kier molecular flexibility index (Phi) is 8.23. The highest BCUT2D eigenvalue weighted by atomic mass is 35.5. The number of halogens is 3. The summed E-state index contributed by atoms with van der Waals surface area (Å²) in [7, 11) is 2.09. The maximum atomic E-state index is 13.3. The molecule has 0 bridgehead atoms. The molecule has 1 aromatic heterocycles. The second-order valence-electron chi connectivity index (χ2n) is 8.44. The van der Waals surface area contributed by atoms with Crippen molar-refractivity contribution in [1.82, 2.24) is 15.2 Å². The number of aromatic nitrogens is 1. The summed E-state index contributed by atoms with van der Waals surface area (Å²) in [5, 5.41) is 3.96. The number of carbonyl (C=O) groups excluding carboxylic acids is 1. The standard InChI is InChI=1S/C23H26ClF2N3O.C2H6/c1-29-12-8-16(9-13-29)19-4-2-17-20(28-19)5-3-18(24)21(17)22(30)27-14-15-6-10-23(25,26)11-7-15;1-2/h2-5,8,15H,6-7,9-14H2,1H3,(H,27,30);1-2H3. The van der Waals surface area contributed by atoms with Crippen LogP contribution in [0.5, 0.6) is 0 Å². The molecule has 2 aromatic rings. The highest BCUT2D eigenvalue weighted by Crippen LogP contribution is 2.36. The van der Waals surface area contributed by atoms with E-state index in [2.05, 4.69) is 23.3 Å². The predicted octanol–water partition coefficient (Wildman–Crippen LogP) is 6.19. The van der Waals surface area contributed by atoms with Gasteiger partial charge in [-0.3, -0.25) is 4.79 Å². The molecule has 7 heteroatoms. The molecule has 4 nitrogen and oxygen atoms in total. The Morgan fingerprint density at radius 2 is 1.94 bits per heavy atom. The average molecular weight is 464 g/mol. The van der Waals surface area contributed by atoms with Crippen molar-refractivity contribution in [3.63, 3.8) is 0 Å². The van der Waals surface area contributed by atoms with Crippen LogP contribution in [0.2, 0.25) is 5.02 Å². The number of nitrogens with zero attached hydrogens (tertiary/aromatic N) is 2. The molecule has 2 heterocycles. The van der Waals surface area contributed by atoms with E-state index in [1.165, 1.54) is 5.57 Å². The van der Waals surface area contributed by atoms with E-state index in [-0.39, 0.29) is 24.7 Å². The van der Waals surface area contributed by atoms with Gasteiger partial charge in [-0.15, -0.1) is 0 Å². The summed E-state index contributed by atoms with van der Waals surface area (Å²) < 4.78 is 26.7. The molecule has 0 radical (unpaired) electrons. The topological polar surface area (TPSA) is 45.2 Å². The van der Waals surface area contributed by atoms with Gasteiger partial charge in [0.1, 0.15) is 0 Å². The van der Waals surface area contributed by atoms with Crippen LogP contribution in [-0.2, 0) is 0 Å². The van der Waals surface area contributed by atoms with Crippen molar-refractivity contribution in [3.05, 3.63) is 46.6 Å². The fourth-order valence-electron chi connectivity index (χ4n) is 4.22. The molecule has 1 aromatic carbocycles. The van der Waals surface area contributed by atoms with E-state index in [4.69, 9.17) is 16.6 Å². The van der Waals surface area contributed by atoms with Crippen molar-refractivity contribution < 1.29 is 13.6 Å². The third-order valence-electron chi connectivity index (χ3n) is 6.18. The van der Waals surface area contributed by atoms with Gasteiger partial charge in [0.15, 0.2) is 0 Å². The number of likely N-dealkylation sites (N-methyl/N-ethyl adjacent to an activating group) is 1. The molecule has 1 fully saturated rings. The molecule has 0 spiro atoms. The Bertz CT molecular complexity index is 983. The van der Waals surface area contributed by atoms with Crippen LogP contribution in [0, 0.1) is 5.92 Å². The van der Waals surface area contributed by atoms with E-state index in [0.29, 0.717) is 35.4 Å². The SMILES string of the molecule is CC.CN1CC=C(c2ccc3c(C(=O)NCC4CCC(F)(F)CC4)c(Cl)ccc3n2)CC1. The van der Waals surface area contributed by atoms with Gasteiger partial charge in [0.05, 0.1) is 21.8 Å².